The summed E-state index contributed by atoms with van der Waals surface area (Å²) in [5, 5.41) is 0. The number of hydrogen-bond donors (Lipinski definition) is 0. The van der Waals surface area contributed by atoms with Crippen LogP contribution in [0, 0.1) is 0 Å². The largest absolute Gasteiger partial charge is 0.147 e. The number of halogens is 2. The maximum atomic E-state index is 2.51. The molecule has 0 atom stereocenters. The SMILES string of the molecule is CC1=C(C)C[C]([Zr]([C]2=CC=CC2)=[C](c2ccccc2)c2ccccc2)=C1.Cl.Cl. The van der Waals surface area contributed by atoms with Gasteiger partial charge in [-0.2, -0.15) is 0 Å². The van der Waals surface area contributed by atoms with Crippen LogP contribution >= 0.6 is 24.8 Å². The van der Waals surface area contributed by atoms with Gasteiger partial charge in [-0.1, -0.05) is 0 Å². The van der Waals surface area contributed by atoms with Crippen molar-refractivity contribution in [2.45, 2.75) is 26.7 Å². The van der Waals surface area contributed by atoms with Crippen molar-refractivity contribution < 1.29 is 21.3 Å². The van der Waals surface area contributed by atoms with E-state index in [1.165, 1.54) is 23.1 Å². The third-order valence-electron chi connectivity index (χ3n) is 5.31. The van der Waals surface area contributed by atoms with Gasteiger partial charge in [0.15, 0.2) is 0 Å². The van der Waals surface area contributed by atoms with Crippen molar-refractivity contribution in [2.75, 3.05) is 0 Å². The van der Waals surface area contributed by atoms with Gasteiger partial charge in [-0.05, 0) is 0 Å². The van der Waals surface area contributed by atoms with Crippen LogP contribution < -0.4 is 0 Å². The molecule has 0 radical (unpaired) electrons. The molecule has 0 saturated heterocycles. The molecule has 0 spiro atoms. The first-order valence-corrected chi connectivity index (χ1v) is 13.0. The minimum atomic E-state index is -2.19. The first kappa shape index (κ1) is 23.0. The third-order valence-corrected chi connectivity index (χ3v) is 12.8. The molecular weight excluding hydrogens is 462 g/mol. The van der Waals surface area contributed by atoms with Crippen molar-refractivity contribution in [3.8, 4) is 0 Å². The molecule has 0 heterocycles. The Labute approximate surface area is 188 Å². The average molecular weight is 489 g/mol. The fraction of sp³-hybridized carbons (Fsp3) is 0.160. The van der Waals surface area contributed by atoms with E-state index in [0.29, 0.717) is 0 Å². The van der Waals surface area contributed by atoms with Gasteiger partial charge in [-0.25, -0.2) is 0 Å². The van der Waals surface area contributed by atoms with Gasteiger partial charge < -0.3 is 0 Å². The summed E-state index contributed by atoms with van der Waals surface area (Å²) in [6, 6.07) is 22.2. The second kappa shape index (κ2) is 10.5. The molecule has 2 aliphatic carbocycles. The van der Waals surface area contributed by atoms with Crippen LogP contribution in [-0.4, -0.2) is 3.21 Å². The Morgan fingerprint density at radius 2 is 1.36 bits per heavy atom. The molecule has 0 amide bonds. The van der Waals surface area contributed by atoms with E-state index in [2.05, 4.69) is 98.8 Å². The van der Waals surface area contributed by atoms with Crippen molar-refractivity contribution in [2.24, 2.45) is 0 Å². The van der Waals surface area contributed by atoms with Crippen LogP contribution in [0.3, 0.4) is 0 Å². The summed E-state index contributed by atoms with van der Waals surface area (Å²) in [7, 11) is 0. The minimum Gasteiger partial charge on any atom is -0.147 e. The van der Waals surface area contributed by atoms with Crippen LogP contribution in [0.2, 0.25) is 0 Å². The fourth-order valence-corrected chi connectivity index (χ4v) is 12.1. The van der Waals surface area contributed by atoms with Gasteiger partial charge in [0.25, 0.3) is 0 Å². The zero-order chi connectivity index (χ0) is 17.9. The summed E-state index contributed by atoms with van der Waals surface area (Å²) in [5.74, 6) is 0. The van der Waals surface area contributed by atoms with E-state index in [0.717, 1.165) is 6.42 Å². The van der Waals surface area contributed by atoms with E-state index in [-0.39, 0.29) is 24.8 Å². The van der Waals surface area contributed by atoms with Crippen LogP contribution in [0.15, 0.2) is 103 Å². The molecule has 28 heavy (non-hydrogen) atoms. The van der Waals surface area contributed by atoms with E-state index >= 15 is 0 Å². The van der Waals surface area contributed by atoms with E-state index in [1.807, 2.05) is 0 Å². The topological polar surface area (TPSA) is 0 Å². The van der Waals surface area contributed by atoms with E-state index < -0.39 is 21.3 Å². The van der Waals surface area contributed by atoms with Gasteiger partial charge in [-0.15, -0.1) is 24.8 Å². The summed E-state index contributed by atoms with van der Waals surface area (Å²) < 4.78 is 5.04. The van der Waals surface area contributed by atoms with Crippen LogP contribution in [0.25, 0.3) is 0 Å². The summed E-state index contributed by atoms with van der Waals surface area (Å²) in [5.41, 5.74) is 5.84. The van der Waals surface area contributed by atoms with Gasteiger partial charge >= 0.3 is 165 Å². The Morgan fingerprint density at radius 1 is 0.786 bits per heavy atom. The Morgan fingerprint density at radius 3 is 1.79 bits per heavy atom. The van der Waals surface area contributed by atoms with Crippen molar-refractivity contribution in [1.82, 2.24) is 0 Å². The molecule has 2 aromatic carbocycles. The molecule has 0 bridgehead atoms. The zero-order valence-corrected chi connectivity index (χ0v) is 20.4. The molecule has 0 unspecified atom stereocenters. The molecular formula is C25H26Cl2Zr. The Bertz CT molecular complexity index is 936. The second-order valence-electron chi connectivity index (χ2n) is 7.12. The van der Waals surface area contributed by atoms with Crippen molar-refractivity contribution >= 4 is 28.0 Å². The summed E-state index contributed by atoms with van der Waals surface area (Å²) in [6.07, 6.45) is 11.8. The van der Waals surface area contributed by atoms with Gasteiger partial charge in [0, 0.05) is 0 Å². The zero-order valence-electron chi connectivity index (χ0n) is 16.3. The smallest absolute Gasteiger partial charge is 0.147 e. The number of hydrogen-bond acceptors (Lipinski definition) is 0. The maximum absolute atomic E-state index is 2.51. The first-order chi connectivity index (χ1) is 12.7. The standard InChI is InChI=1S/C13H10.C7H9.C5H5.2ClH.Zr/c1-3-7-12(8-4-1)11-13-9-5-2-6-10-13;1-6-4-3-5-7(6)2;1-2-4-5-3-1;;;/h1-10H;4H,5H2,1-2H3;1-3H,4H2;2*1H;. The molecule has 0 fully saturated rings. The van der Waals surface area contributed by atoms with Crippen LogP contribution in [0.1, 0.15) is 37.8 Å². The second-order valence-corrected chi connectivity index (χ2v) is 13.3. The third kappa shape index (κ3) is 4.83. The maximum Gasteiger partial charge on any atom is -0.147 e. The van der Waals surface area contributed by atoms with E-state index in [1.54, 1.807) is 15.3 Å². The normalized spacial score (nSPS) is 14.8. The van der Waals surface area contributed by atoms with E-state index in [9.17, 15) is 0 Å². The first-order valence-electron chi connectivity index (χ1n) is 9.32. The average Bonchev–Trinajstić information content (AvgIpc) is 3.31. The quantitative estimate of drug-likeness (QED) is 0.427. The molecule has 0 saturated carbocycles. The number of rotatable bonds is 4. The summed E-state index contributed by atoms with van der Waals surface area (Å²) in [6.45, 7) is 4.57. The van der Waals surface area contributed by atoms with Gasteiger partial charge in [-0.3, -0.25) is 0 Å². The predicted molar refractivity (Wildman–Crippen MR) is 124 cm³/mol. The minimum absolute atomic E-state index is 0. The summed E-state index contributed by atoms with van der Waals surface area (Å²) >= 11 is -2.19. The molecule has 2 aromatic rings. The van der Waals surface area contributed by atoms with Crippen molar-refractivity contribution in [1.29, 1.82) is 0 Å². The summed E-state index contributed by atoms with van der Waals surface area (Å²) in [4.78, 5) is 0. The Balaban J connectivity index is 0.00000140. The molecule has 0 N–H and O–H groups in total. The van der Waals surface area contributed by atoms with Crippen LogP contribution in [0.4, 0.5) is 0 Å². The van der Waals surface area contributed by atoms with Crippen LogP contribution in [0.5, 0.6) is 0 Å². The van der Waals surface area contributed by atoms with Gasteiger partial charge in [0.1, 0.15) is 0 Å². The van der Waals surface area contributed by atoms with Gasteiger partial charge in [0.2, 0.25) is 0 Å². The molecule has 4 rings (SSSR count). The Kier molecular flexibility index (Phi) is 8.63. The fourth-order valence-electron chi connectivity index (χ4n) is 3.85. The van der Waals surface area contributed by atoms with Gasteiger partial charge in [0.05, 0.1) is 0 Å². The van der Waals surface area contributed by atoms with E-state index in [4.69, 9.17) is 0 Å². The number of allylic oxidation sites excluding steroid dienone is 8. The monoisotopic (exact) mass is 486 g/mol. The molecule has 144 valence electrons. The Hall–Kier alpha value is -1.27. The predicted octanol–water partition coefficient (Wildman–Crippen LogP) is 7.19. The molecule has 0 nitrogen and oxygen atoms in total. The molecule has 0 aromatic heterocycles. The molecule has 3 heteroatoms. The molecule has 2 aliphatic rings. The molecule has 0 aliphatic heterocycles. The van der Waals surface area contributed by atoms with Crippen LogP contribution in [-0.2, 0) is 21.3 Å². The number of benzene rings is 2. The van der Waals surface area contributed by atoms with Crippen molar-refractivity contribution in [3.05, 3.63) is 114 Å². The van der Waals surface area contributed by atoms with Crippen molar-refractivity contribution in [3.63, 3.8) is 0 Å².